The second-order valence-corrected chi connectivity index (χ2v) is 9.15. The SMILES string of the molecule is Cc1ccc(F)cc1C(=O)Nc1cccc(-c2nn3ccccc3c2-c2ccnc(Nc3cccc(F)c3)n2)c1. The Morgan fingerprint density at radius 1 is 0.850 bits per heavy atom. The largest absolute Gasteiger partial charge is 0.324 e. The number of hydrogen-bond donors (Lipinski definition) is 2. The Hall–Kier alpha value is -5.44. The van der Waals surface area contributed by atoms with Crippen LogP contribution in [0.4, 0.5) is 26.1 Å². The van der Waals surface area contributed by atoms with Gasteiger partial charge in [0, 0.05) is 34.9 Å². The number of nitrogens with zero attached hydrogens (tertiary/aromatic N) is 4. The highest BCUT2D eigenvalue weighted by molar-refractivity contribution is 6.05. The molecule has 0 saturated carbocycles. The summed E-state index contributed by atoms with van der Waals surface area (Å²) in [6, 6.07) is 25.0. The van der Waals surface area contributed by atoms with Crippen molar-refractivity contribution < 1.29 is 13.6 Å². The van der Waals surface area contributed by atoms with E-state index in [4.69, 9.17) is 10.1 Å². The van der Waals surface area contributed by atoms with Gasteiger partial charge in [-0.1, -0.05) is 30.3 Å². The maximum absolute atomic E-state index is 13.8. The summed E-state index contributed by atoms with van der Waals surface area (Å²) in [5.74, 6) is -0.954. The second-order valence-electron chi connectivity index (χ2n) is 9.15. The van der Waals surface area contributed by atoms with Crippen LogP contribution in [0, 0.1) is 18.6 Å². The minimum atomic E-state index is -0.477. The van der Waals surface area contributed by atoms with Crippen molar-refractivity contribution in [2.45, 2.75) is 6.92 Å². The zero-order valence-electron chi connectivity index (χ0n) is 21.3. The quantitative estimate of drug-likeness (QED) is 0.240. The minimum Gasteiger partial charge on any atom is -0.324 e. The van der Waals surface area contributed by atoms with Gasteiger partial charge in [-0.3, -0.25) is 4.79 Å². The van der Waals surface area contributed by atoms with Gasteiger partial charge in [-0.25, -0.2) is 23.3 Å². The molecule has 0 aliphatic carbocycles. The Labute approximate surface area is 228 Å². The number of aryl methyl sites for hydroxylation is 1. The zero-order valence-corrected chi connectivity index (χ0v) is 21.3. The van der Waals surface area contributed by atoms with Crippen molar-refractivity contribution in [3.8, 4) is 22.5 Å². The maximum Gasteiger partial charge on any atom is 0.256 e. The number of nitrogens with one attached hydrogen (secondary N) is 2. The van der Waals surface area contributed by atoms with Crippen LogP contribution in [0.3, 0.4) is 0 Å². The third-order valence-electron chi connectivity index (χ3n) is 6.37. The first-order valence-corrected chi connectivity index (χ1v) is 12.5. The number of aromatic nitrogens is 4. The standard InChI is InChI=1S/C31H22F2N6O/c1-19-11-12-22(33)18-25(19)30(40)35-23-8-4-6-20(16-23)29-28(27-10-2-3-15-39(27)38-29)26-13-14-34-31(37-26)36-24-9-5-7-21(32)17-24/h2-18H,1H3,(H,35,40)(H,34,36,37). The first-order chi connectivity index (χ1) is 19.4. The lowest BCUT2D eigenvalue weighted by molar-refractivity contribution is 0.102. The van der Waals surface area contributed by atoms with Crippen molar-refractivity contribution in [3.05, 3.63) is 126 Å². The van der Waals surface area contributed by atoms with E-state index in [1.54, 1.807) is 48.0 Å². The lowest BCUT2D eigenvalue weighted by Crippen LogP contribution is -2.13. The van der Waals surface area contributed by atoms with Crippen LogP contribution in [0.15, 0.2) is 103 Å². The molecule has 0 aliphatic rings. The van der Waals surface area contributed by atoms with Crippen LogP contribution in [-0.4, -0.2) is 25.5 Å². The van der Waals surface area contributed by atoms with Crippen LogP contribution < -0.4 is 10.6 Å². The molecule has 0 unspecified atom stereocenters. The molecule has 0 radical (unpaired) electrons. The maximum atomic E-state index is 13.8. The van der Waals surface area contributed by atoms with Gasteiger partial charge in [-0.2, -0.15) is 5.10 Å². The Balaban J connectivity index is 1.39. The van der Waals surface area contributed by atoms with Crippen molar-refractivity contribution in [2.24, 2.45) is 0 Å². The molecule has 1 amide bonds. The molecular weight excluding hydrogens is 510 g/mol. The number of amides is 1. The van der Waals surface area contributed by atoms with Crippen LogP contribution in [0.25, 0.3) is 28.0 Å². The lowest BCUT2D eigenvalue weighted by atomic mass is 10.0. The van der Waals surface area contributed by atoms with Gasteiger partial charge < -0.3 is 10.6 Å². The number of hydrogen-bond acceptors (Lipinski definition) is 5. The predicted octanol–water partition coefficient (Wildman–Crippen LogP) is 7.04. The highest BCUT2D eigenvalue weighted by Crippen LogP contribution is 2.35. The second kappa shape index (κ2) is 10.4. The summed E-state index contributed by atoms with van der Waals surface area (Å²) < 4.78 is 29.2. The highest BCUT2D eigenvalue weighted by atomic mass is 19.1. The van der Waals surface area contributed by atoms with Gasteiger partial charge in [0.05, 0.1) is 16.8 Å². The summed E-state index contributed by atoms with van der Waals surface area (Å²) in [4.78, 5) is 21.9. The summed E-state index contributed by atoms with van der Waals surface area (Å²) in [5, 5.41) is 10.7. The van der Waals surface area contributed by atoms with Gasteiger partial charge >= 0.3 is 0 Å². The molecule has 0 saturated heterocycles. The fourth-order valence-electron chi connectivity index (χ4n) is 4.49. The normalized spacial score (nSPS) is 11.0. The van der Waals surface area contributed by atoms with Crippen molar-refractivity contribution in [2.75, 3.05) is 10.6 Å². The van der Waals surface area contributed by atoms with Crippen LogP contribution in [-0.2, 0) is 0 Å². The van der Waals surface area contributed by atoms with Crippen molar-refractivity contribution in [1.29, 1.82) is 0 Å². The van der Waals surface area contributed by atoms with E-state index in [0.717, 1.165) is 16.6 Å². The van der Waals surface area contributed by atoms with Gasteiger partial charge in [-0.15, -0.1) is 0 Å². The topological polar surface area (TPSA) is 84.2 Å². The third-order valence-corrected chi connectivity index (χ3v) is 6.37. The van der Waals surface area contributed by atoms with E-state index >= 15 is 0 Å². The van der Waals surface area contributed by atoms with E-state index < -0.39 is 11.7 Å². The molecular formula is C31H22F2N6O. The van der Waals surface area contributed by atoms with E-state index in [0.29, 0.717) is 34.3 Å². The molecule has 3 heterocycles. The summed E-state index contributed by atoms with van der Waals surface area (Å²) >= 11 is 0. The molecule has 3 aromatic heterocycles. The van der Waals surface area contributed by atoms with E-state index in [9.17, 15) is 13.6 Å². The number of carbonyl (C=O) groups is 1. The molecule has 0 spiro atoms. The summed E-state index contributed by atoms with van der Waals surface area (Å²) in [7, 11) is 0. The smallest absolute Gasteiger partial charge is 0.256 e. The summed E-state index contributed by atoms with van der Waals surface area (Å²) in [5.41, 5.74) is 5.55. The van der Waals surface area contributed by atoms with Crippen LogP contribution >= 0.6 is 0 Å². The molecule has 6 rings (SSSR count). The fraction of sp³-hybridized carbons (Fsp3) is 0.0323. The van der Waals surface area contributed by atoms with Crippen molar-refractivity contribution >= 4 is 28.7 Å². The molecule has 196 valence electrons. The predicted molar refractivity (Wildman–Crippen MR) is 150 cm³/mol. The van der Waals surface area contributed by atoms with Gasteiger partial charge in [0.25, 0.3) is 5.91 Å². The monoisotopic (exact) mass is 532 g/mol. The first-order valence-electron chi connectivity index (χ1n) is 12.5. The molecule has 0 aliphatic heterocycles. The molecule has 2 N–H and O–H groups in total. The highest BCUT2D eigenvalue weighted by Gasteiger charge is 2.19. The van der Waals surface area contributed by atoms with Gasteiger partial charge in [0.1, 0.15) is 17.3 Å². The van der Waals surface area contributed by atoms with E-state index in [-0.39, 0.29) is 11.4 Å². The lowest BCUT2D eigenvalue weighted by Gasteiger charge is -2.10. The van der Waals surface area contributed by atoms with E-state index in [1.807, 2.05) is 42.6 Å². The summed E-state index contributed by atoms with van der Waals surface area (Å²) in [6.45, 7) is 1.76. The zero-order chi connectivity index (χ0) is 27.6. The Bertz CT molecular complexity index is 1880. The molecule has 6 aromatic rings. The molecule has 0 atom stereocenters. The number of anilines is 3. The third kappa shape index (κ3) is 5.00. The van der Waals surface area contributed by atoms with E-state index in [2.05, 4.69) is 15.6 Å². The number of carbonyl (C=O) groups excluding carboxylic acids is 1. The van der Waals surface area contributed by atoms with Crippen LogP contribution in [0.2, 0.25) is 0 Å². The van der Waals surface area contributed by atoms with Gasteiger partial charge in [-0.05, 0) is 73.2 Å². The number of rotatable bonds is 6. The van der Waals surface area contributed by atoms with Gasteiger partial charge in [0.15, 0.2) is 0 Å². The Kier molecular flexibility index (Phi) is 6.45. The molecule has 3 aromatic carbocycles. The van der Waals surface area contributed by atoms with Crippen LogP contribution in [0.5, 0.6) is 0 Å². The minimum absolute atomic E-state index is 0.262. The molecule has 0 bridgehead atoms. The number of benzene rings is 3. The number of halogens is 2. The number of fused-ring (bicyclic) bond motifs is 1. The van der Waals surface area contributed by atoms with E-state index in [1.165, 1.54) is 24.3 Å². The van der Waals surface area contributed by atoms with Crippen molar-refractivity contribution in [3.63, 3.8) is 0 Å². The fourth-order valence-corrected chi connectivity index (χ4v) is 4.49. The first kappa shape index (κ1) is 24.9. The molecule has 0 fully saturated rings. The van der Waals surface area contributed by atoms with Crippen LogP contribution in [0.1, 0.15) is 15.9 Å². The molecule has 9 heteroatoms. The average molecular weight is 533 g/mol. The molecule has 7 nitrogen and oxygen atoms in total. The summed E-state index contributed by atoms with van der Waals surface area (Å²) in [6.07, 6.45) is 3.46. The van der Waals surface area contributed by atoms with Crippen molar-refractivity contribution in [1.82, 2.24) is 19.6 Å². The number of pyridine rings is 1. The van der Waals surface area contributed by atoms with Gasteiger partial charge in [0.2, 0.25) is 5.95 Å². The Morgan fingerprint density at radius 3 is 2.55 bits per heavy atom. The average Bonchev–Trinajstić information content (AvgIpc) is 3.34. The molecule has 40 heavy (non-hydrogen) atoms. The Morgan fingerprint density at radius 2 is 1.68 bits per heavy atom.